The molecule has 0 aromatic heterocycles. The molecule has 0 radical (unpaired) electrons. The first kappa shape index (κ1) is 19.3. The van der Waals surface area contributed by atoms with E-state index >= 15 is 0 Å². The normalized spacial score (nSPS) is 11.6. The maximum atomic E-state index is 5.88. The van der Waals surface area contributed by atoms with Crippen LogP contribution in [-0.2, 0) is 0 Å². The SMILES string of the molecule is CN=C(NCCOc1cccc(Cl)c1)NC(C)(C)C.I. The third-order valence-electron chi connectivity index (χ3n) is 2.18. The van der Waals surface area contributed by atoms with Gasteiger partial charge in [-0.25, -0.2) is 0 Å². The Balaban J connectivity index is 0.00000361. The van der Waals surface area contributed by atoms with E-state index in [0.29, 0.717) is 18.2 Å². The van der Waals surface area contributed by atoms with E-state index in [-0.39, 0.29) is 29.5 Å². The first-order chi connectivity index (χ1) is 8.90. The van der Waals surface area contributed by atoms with E-state index in [1.807, 2.05) is 18.2 Å². The van der Waals surface area contributed by atoms with Crippen LogP contribution in [0.5, 0.6) is 5.75 Å². The molecule has 0 spiro atoms. The molecule has 0 aliphatic carbocycles. The van der Waals surface area contributed by atoms with E-state index in [4.69, 9.17) is 16.3 Å². The number of aliphatic imine (C=N–C) groups is 1. The molecule has 0 fully saturated rings. The molecular weight excluding hydrogens is 389 g/mol. The lowest BCUT2D eigenvalue weighted by atomic mass is 10.1. The quantitative estimate of drug-likeness (QED) is 0.346. The van der Waals surface area contributed by atoms with Gasteiger partial charge in [0.05, 0.1) is 6.54 Å². The molecule has 0 aliphatic heterocycles. The van der Waals surface area contributed by atoms with Gasteiger partial charge in [0.25, 0.3) is 0 Å². The van der Waals surface area contributed by atoms with Gasteiger partial charge in [0, 0.05) is 17.6 Å². The van der Waals surface area contributed by atoms with Crippen LogP contribution in [0.4, 0.5) is 0 Å². The standard InChI is InChI=1S/C14H22ClN3O.HI/c1-14(2,3)18-13(16-4)17-8-9-19-12-7-5-6-11(15)10-12;/h5-7,10H,8-9H2,1-4H3,(H2,16,17,18);1H. The molecule has 0 aliphatic rings. The highest BCUT2D eigenvalue weighted by Crippen LogP contribution is 2.16. The zero-order valence-electron chi connectivity index (χ0n) is 12.4. The van der Waals surface area contributed by atoms with Crippen molar-refractivity contribution in [3.05, 3.63) is 29.3 Å². The fraction of sp³-hybridized carbons (Fsp3) is 0.500. The van der Waals surface area contributed by atoms with Crippen LogP contribution in [0.2, 0.25) is 5.02 Å². The summed E-state index contributed by atoms with van der Waals surface area (Å²) in [6, 6.07) is 7.37. The number of nitrogens with one attached hydrogen (secondary N) is 2. The van der Waals surface area contributed by atoms with Crippen LogP contribution in [0.3, 0.4) is 0 Å². The zero-order valence-corrected chi connectivity index (χ0v) is 15.5. The predicted molar refractivity (Wildman–Crippen MR) is 96.6 cm³/mol. The minimum Gasteiger partial charge on any atom is -0.492 e. The molecule has 1 aromatic rings. The fourth-order valence-electron chi connectivity index (χ4n) is 1.43. The summed E-state index contributed by atoms with van der Waals surface area (Å²) in [6.07, 6.45) is 0. The number of halogens is 2. The minimum atomic E-state index is -0.0182. The maximum absolute atomic E-state index is 5.88. The highest BCUT2D eigenvalue weighted by molar-refractivity contribution is 14.0. The Morgan fingerprint density at radius 1 is 1.35 bits per heavy atom. The summed E-state index contributed by atoms with van der Waals surface area (Å²) in [7, 11) is 1.75. The van der Waals surface area contributed by atoms with Gasteiger partial charge in [-0.2, -0.15) is 0 Å². The lowest BCUT2D eigenvalue weighted by molar-refractivity contribution is 0.321. The van der Waals surface area contributed by atoms with Crippen molar-refractivity contribution in [2.24, 2.45) is 4.99 Å². The molecule has 0 saturated carbocycles. The molecule has 0 saturated heterocycles. The van der Waals surface area contributed by atoms with Crippen molar-refractivity contribution < 1.29 is 4.74 Å². The van der Waals surface area contributed by atoms with Crippen LogP contribution < -0.4 is 15.4 Å². The van der Waals surface area contributed by atoms with Gasteiger partial charge < -0.3 is 15.4 Å². The second-order valence-electron chi connectivity index (χ2n) is 5.18. The first-order valence-corrected chi connectivity index (χ1v) is 6.66. The number of rotatable bonds is 4. The van der Waals surface area contributed by atoms with E-state index in [0.717, 1.165) is 11.7 Å². The monoisotopic (exact) mass is 411 g/mol. The molecular formula is C14H23ClIN3O. The van der Waals surface area contributed by atoms with Crippen LogP contribution >= 0.6 is 35.6 Å². The summed E-state index contributed by atoms with van der Waals surface area (Å²) in [5.74, 6) is 1.54. The molecule has 0 bridgehead atoms. The van der Waals surface area contributed by atoms with Gasteiger partial charge in [-0.3, -0.25) is 4.99 Å². The largest absolute Gasteiger partial charge is 0.492 e. The number of hydrogen-bond acceptors (Lipinski definition) is 2. The third kappa shape index (κ3) is 8.47. The Morgan fingerprint density at radius 3 is 2.60 bits per heavy atom. The van der Waals surface area contributed by atoms with E-state index in [1.165, 1.54) is 0 Å². The van der Waals surface area contributed by atoms with Crippen molar-refractivity contribution in [2.45, 2.75) is 26.3 Å². The lowest BCUT2D eigenvalue weighted by Crippen LogP contribution is -2.48. The second-order valence-corrected chi connectivity index (χ2v) is 5.62. The predicted octanol–water partition coefficient (Wildman–Crippen LogP) is 3.30. The number of ether oxygens (including phenoxy) is 1. The second kappa shape index (κ2) is 9.28. The number of hydrogen-bond donors (Lipinski definition) is 2. The van der Waals surface area contributed by atoms with Gasteiger partial charge >= 0.3 is 0 Å². The van der Waals surface area contributed by atoms with Crippen molar-refractivity contribution in [1.29, 1.82) is 0 Å². The smallest absolute Gasteiger partial charge is 0.191 e. The van der Waals surface area contributed by atoms with Crippen molar-refractivity contribution in [2.75, 3.05) is 20.2 Å². The van der Waals surface area contributed by atoms with E-state index in [9.17, 15) is 0 Å². The minimum absolute atomic E-state index is 0. The Kier molecular flexibility index (Phi) is 8.96. The van der Waals surface area contributed by atoms with Crippen molar-refractivity contribution in [3.8, 4) is 5.75 Å². The van der Waals surface area contributed by atoms with Crippen LogP contribution in [0.15, 0.2) is 29.3 Å². The van der Waals surface area contributed by atoms with Crippen molar-refractivity contribution >= 4 is 41.5 Å². The Morgan fingerprint density at radius 2 is 2.05 bits per heavy atom. The molecule has 0 heterocycles. The van der Waals surface area contributed by atoms with Gasteiger partial charge in [-0.05, 0) is 39.0 Å². The van der Waals surface area contributed by atoms with Crippen molar-refractivity contribution in [1.82, 2.24) is 10.6 Å². The van der Waals surface area contributed by atoms with Crippen LogP contribution in [0, 0.1) is 0 Å². The van der Waals surface area contributed by atoms with Crippen LogP contribution in [0.25, 0.3) is 0 Å². The molecule has 20 heavy (non-hydrogen) atoms. The van der Waals surface area contributed by atoms with Crippen molar-refractivity contribution in [3.63, 3.8) is 0 Å². The Bertz CT molecular complexity index is 433. The van der Waals surface area contributed by atoms with E-state index in [2.05, 4.69) is 36.4 Å². The van der Waals surface area contributed by atoms with E-state index in [1.54, 1.807) is 13.1 Å². The number of nitrogens with zero attached hydrogens (tertiary/aromatic N) is 1. The van der Waals surface area contributed by atoms with E-state index < -0.39 is 0 Å². The molecule has 0 amide bonds. The summed E-state index contributed by atoms with van der Waals surface area (Å²) in [5.41, 5.74) is -0.0182. The molecule has 4 nitrogen and oxygen atoms in total. The summed E-state index contributed by atoms with van der Waals surface area (Å²) in [6.45, 7) is 7.47. The summed E-state index contributed by atoms with van der Waals surface area (Å²) in [4.78, 5) is 4.15. The highest BCUT2D eigenvalue weighted by atomic mass is 127. The average molecular weight is 412 g/mol. The highest BCUT2D eigenvalue weighted by Gasteiger charge is 2.11. The molecule has 6 heteroatoms. The average Bonchev–Trinajstić information content (AvgIpc) is 2.31. The van der Waals surface area contributed by atoms with Gasteiger partial charge in [0.1, 0.15) is 12.4 Å². The first-order valence-electron chi connectivity index (χ1n) is 6.28. The van der Waals surface area contributed by atoms with Gasteiger partial charge in [0.15, 0.2) is 5.96 Å². The molecule has 0 atom stereocenters. The molecule has 2 N–H and O–H groups in total. The molecule has 1 rings (SSSR count). The summed E-state index contributed by atoms with van der Waals surface area (Å²) in [5, 5.41) is 7.14. The summed E-state index contributed by atoms with van der Waals surface area (Å²) >= 11 is 5.88. The zero-order chi connectivity index (χ0) is 14.3. The molecule has 1 aromatic carbocycles. The van der Waals surface area contributed by atoms with Gasteiger partial charge in [0.2, 0.25) is 0 Å². The third-order valence-corrected chi connectivity index (χ3v) is 2.41. The fourth-order valence-corrected chi connectivity index (χ4v) is 1.61. The maximum Gasteiger partial charge on any atom is 0.191 e. The Labute approximate surface area is 143 Å². The van der Waals surface area contributed by atoms with Crippen LogP contribution in [0.1, 0.15) is 20.8 Å². The number of guanidine groups is 1. The van der Waals surface area contributed by atoms with Crippen LogP contribution in [-0.4, -0.2) is 31.7 Å². The number of benzene rings is 1. The molecule has 0 unspecified atom stereocenters. The lowest BCUT2D eigenvalue weighted by Gasteiger charge is -2.23. The van der Waals surface area contributed by atoms with Gasteiger partial charge in [-0.1, -0.05) is 17.7 Å². The van der Waals surface area contributed by atoms with Gasteiger partial charge in [-0.15, -0.1) is 24.0 Å². The Hall–Kier alpha value is -0.690. The summed E-state index contributed by atoms with van der Waals surface area (Å²) < 4.78 is 5.58. The topological polar surface area (TPSA) is 45.7 Å². The molecule has 114 valence electrons.